The number of hydrogen-bond acceptors (Lipinski definition) is 3. The second kappa shape index (κ2) is 5.00. The van der Waals surface area contributed by atoms with Gasteiger partial charge in [-0.25, -0.2) is 0 Å². The molecule has 0 saturated heterocycles. The van der Waals surface area contributed by atoms with Gasteiger partial charge in [0.2, 0.25) is 5.43 Å². The number of benzene rings is 2. The fraction of sp³-hybridized carbons (Fsp3) is 0.235. The van der Waals surface area contributed by atoms with E-state index in [0.717, 1.165) is 18.8 Å². The second-order valence-electron chi connectivity index (χ2n) is 4.75. The molecule has 0 unspecified atom stereocenters. The van der Waals surface area contributed by atoms with Crippen molar-refractivity contribution in [1.29, 1.82) is 0 Å². The monoisotopic (exact) mass is 267 g/mol. The van der Waals surface area contributed by atoms with Gasteiger partial charge in [-0.2, -0.15) is 0 Å². The molecule has 1 aromatic heterocycles. The van der Waals surface area contributed by atoms with Crippen LogP contribution in [0.4, 0.5) is 5.69 Å². The van der Waals surface area contributed by atoms with Crippen LogP contribution in [0.15, 0.2) is 51.7 Å². The van der Waals surface area contributed by atoms with E-state index >= 15 is 0 Å². The summed E-state index contributed by atoms with van der Waals surface area (Å²) >= 11 is 0. The normalized spacial score (nSPS) is 11.1. The molecule has 102 valence electrons. The fourth-order valence-electron chi connectivity index (χ4n) is 2.66. The van der Waals surface area contributed by atoms with Crippen LogP contribution in [0, 0.1) is 0 Å². The number of nitrogens with zero attached hydrogens (tertiary/aromatic N) is 1. The van der Waals surface area contributed by atoms with Crippen molar-refractivity contribution in [3.8, 4) is 0 Å². The molecule has 3 nitrogen and oxygen atoms in total. The molecule has 2 aromatic carbocycles. The summed E-state index contributed by atoms with van der Waals surface area (Å²) in [4.78, 5) is 14.9. The second-order valence-corrected chi connectivity index (χ2v) is 4.75. The molecule has 3 rings (SSSR count). The molecule has 3 heteroatoms. The van der Waals surface area contributed by atoms with Gasteiger partial charge in [-0.05, 0) is 38.1 Å². The van der Waals surface area contributed by atoms with Crippen molar-refractivity contribution in [2.75, 3.05) is 18.0 Å². The highest BCUT2D eigenvalue weighted by molar-refractivity contribution is 5.97. The van der Waals surface area contributed by atoms with Gasteiger partial charge >= 0.3 is 0 Å². The average Bonchev–Trinajstić information content (AvgIpc) is 2.49. The zero-order valence-electron chi connectivity index (χ0n) is 11.7. The zero-order valence-corrected chi connectivity index (χ0v) is 11.7. The Hall–Kier alpha value is -2.29. The Kier molecular flexibility index (Phi) is 3.18. The third-order valence-electron chi connectivity index (χ3n) is 3.69. The van der Waals surface area contributed by atoms with E-state index in [1.807, 2.05) is 42.5 Å². The Labute approximate surface area is 117 Å². The van der Waals surface area contributed by atoms with Crippen molar-refractivity contribution in [2.24, 2.45) is 0 Å². The quantitative estimate of drug-likeness (QED) is 0.677. The molecule has 0 N–H and O–H groups in total. The van der Waals surface area contributed by atoms with Crippen molar-refractivity contribution in [3.63, 3.8) is 0 Å². The van der Waals surface area contributed by atoms with E-state index in [1.165, 1.54) is 0 Å². The van der Waals surface area contributed by atoms with Gasteiger partial charge in [-0.3, -0.25) is 4.79 Å². The first-order valence-electron chi connectivity index (χ1n) is 6.95. The van der Waals surface area contributed by atoms with Gasteiger partial charge in [0.15, 0.2) is 0 Å². The lowest BCUT2D eigenvalue weighted by Crippen LogP contribution is -2.23. The zero-order chi connectivity index (χ0) is 14.1. The van der Waals surface area contributed by atoms with E-state index in [0.29, 0.717) is 21.9 Å². The number of fused-ring (bicyclic) bond motifs is 2. The molecular weight excluding hydrogens is 250 g/mol. The molecule has 0 aliphatic carbocycles. The molecule has 1 heterocycles. The van der Waals surface area contributed by atoms with Gasteiger partial charge in [0.05, 0.1) is 16.5 Å². The van der Waals surface area contributed by atoms with Crippen molar-refractivity contribution in [2.45, 2.75) is 13.8 Å². The first-order chi connectivity index (χ1) is 9.76. The molecule has 0 amide bonds. The van der Waals surface area contributed by atoms with Gasteiger partial charge in [0, 0.05) is 13.1 Å². The SMILES string of the molecule is CCN(CC)c1cccc2oc3ccccc3c(=O)c12. The number of rotatable bonds is 3. The van der Waals surface area contributed by atoms with Crippen molar-refractivity contribution in [1.82, 2.24) is 0 Å². The van der Waals surface area contributed by atoms with E-state index in [-0.39, 0.29) is 5.43 Å². The summed E-state index contributed by atoms with van der Waals surface area (Å²) in [7, 11) is 0. The molecule has 0 aliphatic rings. The van der Waals surface area contributed by atoms with E-state index in [2.05, 4.69) is 18.7 Å². The maximum absolute atomic E-state index is 12.8. The molecule has 3 aromatic rings. The predicted molar refractivity (Wildman–Crippen MR) is 83.6 cm³/mol. The minimum Gasteiger partial charge on any atom is -0.456 e. The Bertz CT molecular complexity index is 816. The van der Waals surface area contributed by atoms with E-state index in [4.69, 9.17) is 4.42 Å². The number of anilines is 1. The fourth-order valence-corrected chi connectivity index (χ4v) is 2.66. The van der Waals surface area contributed by atoms with Crippen LogP contribution in [-0.4, -0.2) is 13.1 Å². The first-order valence-corrected chi connectivity index (χ1v) is 6.95. The smallest absolute Gasteiger partial charge is 0.202 e. The minimum atomic E-state index is 0.0457. The third kappa shape index (κ3) is 1.86. The van der Waals surface area contributed by atoms with E-state index in [9.17, 15) is 4.79 Å². The lowest BCUT2D eigenvalue weighted by atomic mass is 10.1. The number of para-hydroxylation sites is 1. The summed E-state index contributed by atoms with van der Waals surface area (Å²) < 4.78 is 5.88. The van der Waals surface area contributed by atoms with E-state index < -0.39 is 0 Å². The van der Waals surface area contributed by atoms with Crippen molar-refractivity contribution >= 4 is 27.6 Å². The lowest BCUT2D eigenvalue weighted by molar-refractivity contribution is 0.659. The summed E-state index contributed by atoms with van der Waals surface area (Å²) in [5, 5.41) is 1.31. The largest absolute Gasteiger partial charge is 0.456 e. The summed E-state index contributed by atoms with van der Waals surface area (Å²) in [6, 6.07) is 13.2. The molecule has 20 heavy (non-hydrogen) atoms. The third-order valence-corrected chi connectivity index (χ3v) is 3.69. The molecule has 0 atom stereocenters. The summed E-state index contributed by atoms with van der Waals surface area (Å²) in [5.41, 5.74) is 2.29. The summed E-state index contributed by atoms with van der Waals surface area (Å²) in [6.45, 7) is 5.90. The molecular formula is C17H17NO2. The lowest BCUT2D eigenvalue weighted by Gasteiger charge is -2.22. The maximum Gasteiger partial charge on any atom is 0.202 e. The molecule has 0 spiro atoms. The topological polar surface area (TPSA) is 33.5 Å². The minimum absolute atomic E-state index is 0.0457. The van der Waals surface area contributed by atoms with Crippen LogP contribution in [0.3, 0.4) is 0 Å². The highest BCUT2D eigenvalue weighted by atomic mass is 16.3. The van der Waals surface area contributed by atoms with Crippen LogP contribution in [0.25, 0.3) is 21.9 Å². The van der Waals surface area contributed by atoms with Crippen LogP contribution in [0.1, 0.15) is 13.8 Å². The van der Waals surface area contributed by atoms with Gasteiger partial charge in [0.25, 0.3) is 0 Å². The molecule has 0 saturated carbocycles. The van der Waals surface area contributed by atoms with Gasteiger partial charge in [-0.15, -0.1) is 0 Å². The predicted octanol–water partition coefficient (Wildman–Crippen LogP) is 3.79. The first kappa shape index (κ1) is 12.7. The van der Waals surface area contributed by atoms with Crippen LogP contribution >= 0.6 is 0 Å². The Morgan fingerprint density at radius 3 is 2.40 bits per heavy atom. The van der Waals surface area contributed by atoms with E-state index in [1.54, 1.807) is 0 Å². The average molecular weight is 267 g/mol. The molecule has 0 radical (unpaired) electrons. The van der Waals surface area contributed by atoms with Gasteiger partial charge in [-0.1, -0.05) is 18.2 Å². The number of hydrogen-bond donors (Lipinski definition) is 0. The van der Waals surface area contributed by atoms with Gasteiger partial charge < -0.3 is 9.32 Å². The van der Waals surface area contributed by atoms with Crippen molar-refractivity contribution in [3.05, 3.63) is 52.7 Å². The van der Waals surface area contributed by atoms with Crippen LogP contribution in [0.2, 0.25) is 0 Å². The summed E-state index contributed by atoms with van der Waals surface area (Å²) in [6.07, 6.45) is 0. The Morgan fingerprint density at radius 2 is 1.65 bits per heavy atom. The highest BCUT2D eigenvalue weighted by Gasteiger charge is 2.13. The maximum atomic E-state index is 12.8. The standard InChI is InChI=1S/C17H17NO2/c1-3-18(4-2)13-9-7-11-15-16(13)17(19)12-8-5-6-10-14(12)20-15/h5-11H,3-4H2,1-2H3. The van der Waals surface area contributed by atoms with Crippen LogP contribution in [-0.2, 0) is 0 Å². The highest BCUT2D eigenvalue weighted by Crippen LogP contribution is 2.26. The molecule has 0 bridgehead atoms. The van der Waals surface area contributed by atoms with Crippen LogP contribution < -0.4 is 10.3 Å². The Morgan fingerprint density at radius 1 is 0.950 bits per heavy atom. The van der Waals surface area contributed by atoms with Gasteiger partial charge in [0.1, 0.15) is 11.2 Å². The Balaban J connectivity index is 2.44. The molecule has 0 aliphatic heterocycles. The van der Waals surface area contributed by atoms with Crippen LogP contribution in [0.5, 0.6) is 0 Å². The van der Waals surface area contributed by atoms with Crippen molar-refractivity contribution < 1.29 is 4.42 Å². The summed E-state index contributed by atoms with van der Waals surface area (Å²) in [5.74, 6) is 0. The molecule has 0 fully saturated rings.